The average Bonchev–Trinajstić information content (AvgIpc) is 3.05. The third-order valence-electron chi connectivity index (χ3n) is 3.04. The van der Waals surface area contributed by atoms with Crippen LogP contribution in [0.25, 0.3) is 11.0 Å². The lowest BCUT2D eigenvalue weighted by Crippen LogP contribution is -2.35. The Morgan fingerprint density at radius 1 is 1.17 bits per heavy atom. The Morgan fingerprint density at radius 3 is 2.62 bits per heavy atom. The molecule has 0 atom stereocenters. The van der Waals surface area contributed by atoms with Crippen molar-refractivity contribution in [1.29, 1.82) is 0 Å². The predicted octanol–water partition coefficient (Wildman–Crippen LogP) is 2.10. The molecule has 1 aromatic carbocycles. The first-order chi connectivity index (χ1) is 11.6. The van der Waals surface area contributed by atoms with Crippen molar-refractivity contribution in [2.75, 3.05) is 11.1 Å². The van der Waals surface area contributed by atoms with Gasteiger partial charge in [-0.25, -0.2) is 14.8 Å². The van der Waals surface area contributed by atoms with E-state index in [1.807, 2.05) is 31.2 Å². The molecule has 3 rings (SSSR count). The minimum atomic E-state index is -0.619. The number of carbonyl (C=O) groups is 2. The van der Waals surface area contributed by atoms with E-state index in [0.29, 0.717) is 10.8 Å². The van der Waals surface area contributed by atoms with Gasteiger partial charge in [-0.1, -0.05) is 23.9 Å². The number of thioether (sulfide) groups is 1. The normalized spacial score (nSPS) is 10.5. The second kappa shape index (κ2) is 7.09. The lowest BCUT2D eigenvalue weighted by Gasteiger charge is -2.07. The van der Waals surface area contributed by atoms with Crippen LogP contribution in [0.5, 0.6) is 0 Å². The van der Waals surface area contributed by atoms with Gasteiger partial charge in [-0.2, -0.15) is 5.10 Å². The molecule has 0 radical (unpaired) electrons. The van der Waals surface area contributed by atoms with Gasteiger partial charge in [-0.3, -0.25) is 20.5 Å². The number of urea groups is 1. The maximum atomic E-state index is 11.9. The average molecular weight is 342 g/mol. The third kappa shape index (κ3) is 3.87. The molecule has 3 aromatic rings. The number of imide groups is 1. The topological polar surface area (TPSA) is 113 Å². The van der Waals surface area contributed by atoms with E-state index in [4.69, 9.17) is 0 Å². The first kappa shape index (κ1) is 15.9. The number of fused-ring (bicyclic) bond motifs is 1. The molecule has 0 fully saturated rings. The highest BCUT2D eigenvalue weighted by atomic mass is 32.2. The van der Waals surface area contributed by atoms with Crippen molar-refractivity contribution in [2.24, 2.45) is 0 Å². The van der Waals surface area contributed by atoms with E-state index in [-0.39, 0.29) is 5.75 Å². The Labute approximate surface area is 141 Å². The Balaban J connectivity index is 1.58. The molecule has 0 saturated carbocycles. The maximum Gasteiger partial charge on any atom is 0.327 e. The van der Waals surface area contributed by atoms with Crippen LogP contribution >= 0.6 is 11.8 Å². The number of hydrogen-bond donors (Lipinski definition) is 3. The fraction of sp³-hybridized carbons (Fsp3) is 0.133. The van der Waals surface area contributed by atoms with E-state index in [2.05, 4.69) is 30.8 Å². The van der Waals surface area contributed by atoms with Crippen molar-refractivity contribution in [3.63, 3.8) is 0 Å². The molecule has 24 heavy (non-hydrogen) atoms. The zero-order valence-corrected chi connectivity index (χ0v) is 13.6. The summed E-state index contributed by atoms with van der Waals surface area (Å²) in [6.07, 6.45) is 1.49. The number of nitrogens with one attached hydrogen (secondary N) is 3. The fourth-order valence-electron chi connectivity index (χ4n) is 1.98. The molecule has 122 valence electrons. The Morgan fingerprint density at radius 2 is 1.92 bits per heavy atom. The van der Waals surface area contributed by atoms with Gasteiger partial charge < -0.3 is 0 Å². The Kier molecular flexibility index (Phi) is 4.71. The van der Waals surface area contributed by atoms with Crippen LogP contribution in [0.15, 0.2) is 41.6 Å². The number of aromatic nitrogens is 4. The summed E-state index contributed by atoms with van der Waals surface area (Å²) in [5.41, 5.74) is 2.32. The predicted molar refractivity (Wildman–Crippen MR) is 90.7 cm³/mol. The highest BCUT2D eigenvalue weighted by molar-refractivity contribution is 7.99. The smallest absolute Gasteiger partial charge is 0.292 e. The number of benzene rings is 1. The van der Waals surface area contributed by atoms with Crippen LogP contribution in [0.2, 0.25) is 0 Å². The number of rotatable bonds is 4. The summed E-state index contributed by atoms with van der Waals surface area (Å²) in [6.45, 7) is 1.84. The van der Waals surface area contributed by atoms with Crippen LogP contribution < -0.4 is 10.6 Å². The Hall–Kier alpha value is -2.94. The summed E-state index contributed by atoms with van der Waals surface area (Å²) in [7, 11) is 0. The van der Waals surface area contributed by atoms with Crippen LogP contribution in [0.1, 0.15) is 5.69 Å². The van der Waals surface area contributed by atoms with Crippen molar-refractivity contribution < 1.29 is 9.59 Å². The number of anilines is 1. The van der Waals surface area contributed by atoms with Gasteiger partial charge in [0.1, 0.15) is 10.8 Å². The number of para-hydroxylation sites is 2. The van der Waals surface area contributed by atoms with Crippen molar-refractivity contribution >= 4 is 40.6 Å². The molecule has 0 unspecified atom stereocenters. The molecule has 3 amide bonds. The zero-order valence-electron chi connectivity index (χ0n) is 12.7. The quantitative estimate of drug-likeness (QED) is 0.626. The molecule has 0 spiro atoms. The summed E-state index contributed by atoms with van der Waals surface area (Å²) < 4.78 is 0. The first-order valence-electron chi connectivity index (χ1n) is 7.08. The molecule has 0 aliphatic rings. The van der Waals surface area contributed by atoms with E-state index in [1.54, 1.807) is 6.07 Å². The second-order valence-electron chi connectivity index (χ2n) is 4.86. The van der Waals surface area contributed by atoms with Crippen molar-refractivity contribution in [1.82, 2.24) is 25.5 Å². The lowest BCUT2D eigenvalue weighted by molar-refractivity contribution is -0.117. The number of amides is 3. The zero-order chi connectivity index (χ0) is 16.9. The summed E-state index contributed by atoms with van der Waals surface area (Å²) in [5.74, 6) is 0.0418. The van der Waals surface area contributed by atoms with Crippen molar-refractivity contribution in [3.8, 4) is 0 Å². The third-order valence-corrected chi connectivity index (χ3v) is 4.11. The maximum absolute atomic E-state index is 11.9. The molecular formula is C15H14N6O2S. The molecule has 0 aliphatic heterocycles. The standard InChI is InChI=1S/C15H14N6O2S/c1-9-14(18-11-5-3-2-4-10(11)17-9)24-8-13(22)20-15(23)19-12-6-7-16-21-12/h2-7H,8H2,1H3,(H3,16,19,20,21,22,23). The van der Waals surface area contributed by atoms with Gasteiger partial charge in [0, 0.05) is 6.07 Å². The van der Waals surface area contributed by atoms with Gasteiger partial charge in [0.2, 0.25) is 5.91 Å². The van der Waals surface area contributed by atoms with E-state index in [9.17, 15) is 9.59 Å². The minimum absolute atomic E-state index is 0.0598. The number of nitrogens with zero attached hydrogens (tertiary/aromatic N) is 3. The number of aryl methyl sites for hydroxylation is 1. The van der Waals surface area contributed by atoms with Crippen LogP contribution in [0.3, 0.4) is 0 Å². The first-order valence-corrected chi connectivity index (χ1v) is 8.07. The van der Waals surface area contributed by atoms with Gasteiger partial charge in [0.15, 0.2) is 0 Å². The van der Waals surface area contributed by atoms with Crippen LogP contribution in [-0.4, -0.2) is 37.9 Å². The largest absolute Gasteiger partial charge is 0.327 e. The summed E-state index contributed by atoms with van der Waals surface area (Å²) in [4.78, 5) is 32.5. The Bertz CT molecular complexity index is 881. The summed E-state index contributed by atoms with van der Waals surface area (Å²) >= 11 is 1.23. The molecule has 2 heterocycles. The lowest BCUT2D eigenvalue weighted by atomic mass is 10.3. The monoisotopic (exact) mass is 342 g/mol. The van der Waals surface area contributed by atoms with E-state index in [0.717, 1.165) is 16.7 Å². The molecule has 0 saturated heterocycles. The second-order valence-corrected chi connectivity index (χ2v) is 5.83. The van der Waals surface area contributed by atoms with Gasteiger partial charge in [-0.15, -0.1) is 0 Å². The highest BCUT2D eigenvalue weighted by Crippen LogP contribution is 2.21. The molecule has 2 aromatic heterocycles. The van der Waals surface area contributed by atoms with Crippen molar-refractivity contribution in [3.05, 3.63) is 42.2 Å². The molecule has 0 bridgehead atoms. The summed E-state index contributed by atoms with van der Waals surface area (Å²) in [6, 6.07) is 8.49. The molecule has 3 N–H and O–H groups in total. The van der Waals surface area contributed by atoms with Gasteiger partial charge in [0.25, 0.3) is 0 Å². The molecular weight excluding hydrogens is 328 g/mol. The number of hydrogen-bond acceptors (Lipinski definition) is 6. The molecule has 0 aliphatic carbocycles. The summed E-state index contributed by atoms with van der Waals surface area (Å²) in [5, 5.41) is 11.6. The highest BCUT2D eigenvalue weighted by Gasteiger charge is 2.12. The van der Waals surface area contributed by atoms with Crippen LogP contribution in [0, 0.1) is 6.92 Å². The van der Waals surface area contributed by atoms with E-state index in [1.165, 1.54) is 18.0 Å². The SMILES string of the molecule is Cc1nc2ccccc2nc1SCC(=O)NC(=O)Nc1ccn[nH]1. The van der Waals surface area contributed by atoms with E-state index < -0.39 is 11.9 Å². The minimum Gasteiger partial charge on any atom is -0.292 e. The van der Waals surface area contributed by atoms with Crippen LogP contribution in [0.4, 0.5) is 10.6 Å². The molecule has 8 nitrogen and oxygen atoms in total. The fourth-order valence-corrected chi connectivity index (χ4v) is 2.74. The van der Waals surface area contributed by atoms with Gasteiger partial charge in [0.05, 0.1) is 28.7 Å². The van der Waals surface area contributed by atoms with Gasteiger partial charge >= 0.3 is 6.03 Å². The van der Waals surface area contributed by atoms with Gasteiger partial charge in [-0.05, 0) is 19.1 Å². The number of H-pyrrole nitrogens is 1. The van der Waals surface area contributed by atoms with Crippen LogP contribution in [-0.2, 0) is 4.79 Å². The molecule has 9 heteroatoms. The van der Waals surface area contributed by atoms with Crippen molar-refractivity contribution in [2.45, 2.75) is 11.9 Å². The number of carbonyl (C=O) groups excluding carboxylic acids is 2. The van der Waals surface area contributed by atoms with E-state index >= 15 is 0 Å². The number of aromatic amines is 1.